The molecular formula is C12H20N2O. The van der Waals surface area contributed by atoms with Crippen LogP contribution in [0.5, 0.6) is 5.75 Å². The summed E-state index contributed by atoms with van der Waals surface area (Å²) >= 11 is 0. The normalized spacial score (nSPS) is 13.1. The predicted molar refractivity (Wildman–Crippen MR) is 63.0 cm³/mol. The van der Waals surface area contributed by atoms with Gasteiger partial charge in [0.2, 0.25) is 0 Å². The summed E-state index contributed by atoms with van der Waals surface area (Å²) in [6.07, 6.45) is 0. The largest absolute Gasteiger partial charge is 0.508 e. The van der Waals surface area contributed by atoms with Crippen LogP contribution >= 0.6 is 0 Å². The molecule has 0 aliphatic rings. The number of nitrogens with zero attached hydrogens (tertiary/aromatic N) is 1. The minimum atomic E-state index is 0.329. The summed E-state index contributed by atoms with van der Waals surface area (Å²) < 4.78 is 0. The number of benzene rings is 1. The molecule has 0 bridgehead atoms. The lowest BCUT2D eigenvalue weighted by molar-refractivity contribution is 0.302. The van der Waals surface area contributed by atoms with Gasteiger partial charge in [-0.3, -0.25) is 0 Å². The van der Waals surface area contributed by atoms with E-state index < -0.39 is 0 Å². The minimum Gasteiger partial charge on any atom is -0.508 e. The summed E-state index contributed by atoms with van der Waals surface area (Å²) in [5, 5.41) is 12.6. The Morgan fingerprint density at radius 2 is 2.13 bits per heavy atom. The minimum absolute atomic E-state index is 0.329. The van der Waals surface area contributed by atoms with Crippen LogP contribution < -0.4 is 5.32 Å². The van der Waals surface area contributed by atoms with Gasteiger partial charge in [0.15, 0.2) is 0 Å². The smallest absolute Gasteiger partial charge is 0.115 e. The van der Waals surface area contributed by atoms with Crippen LogP contribution in [0.2, 0.25) is 0 Å². The maximum Gasteiger partial charge on any atom is 0.115 e. The molecule has 0 fully saturated rings. The highest BCUT2D eigenvalue weighted by atomic mass is 16.3. The summed E-state index contributed by atoms with van der Waals surface area (Å²) in [6, 6.07) is 7.86. The molecule has 1 aromatic carbocycles. The van der Waals surface area contributed by atoms with Gasteiger partial charge in [0, 0.05) is 19.1 Å². The van der Waals surface area contributed by atoms with Crippen molar-refractivity contribution in [3.05, 3.63) is 29.8 Å². The van der Waals surface area contributed by atoms with Gasteiger partial charge in [-0.15, -0.1) is 0 Å². The van der Waals surface area contributed by atoms with Gasteiger partial charge in [-0.2, -0.15) is 0 Å². The number of nitrogens with one attached hydrogen (secondary N) is 1. The summed E-state index contributed by atoms with van der Waals surface area (Å²) in [6.45, 7) is 3.92. The molecule has 0 amide bonds. The third-order valence-corrected chi connectivity index (χ3v) is 2.56. The molecule has 0 aliphatic heterocycles. The molecule has 0 radical (unpaired) electrons. The second-order valence-corrected chi connectivity index (χ2v) is 4.11. The zero-order valence-electron chi connectivity index (χ0n) is 9.70. The quantitative estimate of drug-likeness (QED) is 0.768. The molecule has 15 heavy (non-hydrogen) atoms. The molecule has 84 valence electrons. The van der Waals surface area contributed by atoms with E-state index in [2.05, 4.69) is 31.2 Å². The van der Waals surface area contributed by atoms with Crippen molar-refractivity contribution in [3.8, 4) is 5.75 Å². The summed E-state index contributed by atoms with van der Waals surface area (Å²) in [7, 11) is 4.14. The topological polar surface area (TPSA) is 35.5 Å². The third kappa shape index (κ3) is 4.32. The van der Waals surface area contributed by atoms with E-state index in [9.17, 15) is 5.11 Å². The van der Waals surface area contributed by atoms with Crippen LogP contribution in [-0.4, -0.2) is 36.7 Å². The van der Waals surface area contributed by atoms with E-state index in [-0.39, 0.29) is 0 Å². The number of phenolic OH excluding ortho intramolecular Hbond substituents is 1. The Bertz CT molecular complexity index is 299. The van der Waals surface area contributed by atoms with E-state index in [1.807, 2.05) is 12.1 Å². The Kier molecular flexibility index (Phi) is 4.59. The lowest BCUT2D eigenvalue weighted by atomic mass is 10.2. The monoisotopic (exact) mass is 208 g/mol. The van der Waals surface area contributed by atoms with Crippen molar-refractivity contribution in [2.24, 2.45) is 0 Å². The first-order chi connectivity index (χ1) is 7.09. The molecule has 0 aliphatic carbocycles. The summed E-state index contributed by atoms with van der Waals surface area (Å²) in [5.41, 5.74) is 1.11. The van der Waals surface area contributed by atoms with Crippen molar-refractivity contribution >= 4 is 0 Å². The fourth-order valence-corrected chi connectivity index (χ4v) is 1.27. The van der Waals surface area contributed by atoms with Gasteiger partial charge in [0.05, 0.1) is 0 Å². The first kappa shape index (κ1) is 12.0. The molecular weight excluding hydrogens is 188 g/mol. The lowest BCUT2D eigenvalue weighted by Gasteiger charge is -2.20. The van der Waals surface area contributed by atoms with Gasteiger partial charge in [0.25, 0.3) is 0 Å². The van der Waals surface area contributed by atoms with E-state index in [0.29, 0.717) is 11.8 Å². The van der Waals surface area contributed by atoms with Gasteiger partial charge >= 0.3 is 0 Å². The molecule has 0 spiro atoms. The second kappa shape index (κ2) is 5.73. The van der Waals surface area contributed by atoms with Gasteiger partial charge < -0.3 is 15.3 Å². The van der Waals surface area contributed by atoms with Crippen LogP contribution in [0.25, 0.3) is 0 Å². The van der Waals surface area contributed by atoms with Gasteiger partial charge in [-0.1, -0.05) is 12.1 Å². The highest BCUT2D eigenvalue weighted by Gasteiger charge is 2.03. The summed E-state index contributed by atoms with van der Waals surface area (Å²) in [4.78, 5) is 2.18. The molecule has 0 saturated carbocycles. The average molecular weight is 208 g/mol. The average Bonchev–Trinajstić information content (AvgIpc) is 2.17. The molecule has 1 unspecified atom stereocenters. The first-order valence-electron chi connectivity index (χ1n) is 5.24. The molecule has 3 heteroatoms. The van der Waals surface area contributed by atoms with Crippen LogP contribution in [-0.2, 0) is 6.54 Å². The predicted octanol–water partition coefficient (Wildman–Crippen LogP) is 1.43. The molecule has 0 saturated heterocycles. The molecule has 2 N–H and O–H groups in total. The maximum atomic E-state index is 9.27. The van der Waals surface area contributed by atoms with Crippen molar-refractivity contribution in [2.75, 3.05) is 20.6 Å². The van der Waals surface area contributed by atoms with E-state index in [1.165, 1.54) is 0 Å². The molecule has 0 heterocycles. The number of likely N-dealkylation sites (N-methyl/N-ethyl adjacent to an activating group) is 1. The van der Waals surface area contributed by atoms with Crippen molar-refractivity contribution < 1.29 is 5.11 Å². The fraction of sp³-hybridized carbons (Fsp3) is 0.500. The van der Waals surface area contributed by atoms with Crippen LogP contribution in [0.15, 0.2) is 24.3 Å². The van der Waals surface area contributed by atoms with Gasteiger partial charge in [-0.05, 0) is 38.7 Å². The number of aromatic hydroxyl groups is 1. The number of rotatable bonds is 5. The lowest BCUT2D eigenvalue weighted by Crippen LogP contribution is -2.35. The van der Waals surface area contributed by atoms with E-state index >= 15 is 0 Å². The van der Waals surface area contributed by atoms with Crippen molar-refractivity contribution in [2.45, 2.75) is 19.5 Å². The molecule has 1 aromatic rings. The van der Waals surface area contributed by atoms with Crippen LogP contribution in [0.4, 0.5) is 0 Å². The van der Waals surface area contributed by atoms with Crippen molar-refractivity contribution in [3.63, 3.8) is 0 Å². The van der Waals surface area contributed by atoms with Crippen LogP contribution in [0.1, 0.15) is 12.5 Å². The zero-order chi connectivity index (χ0) is 11.3. The summed E-state index contributed by atoms with van der Waals surface area (Å²) in [5.74, 6) is 0.329. The molecule has 0 aromatic heterocycles. The Hall–Kier alpha value is -1.06. The van der Waals surface area contributed by atoms with Gasteiger partial charge in [0.1, 0.15) is 5.75 Å². The highest BCUT2D eigenvalue weighted by Crippen LogP contribution is 2.10. The Balaban J connectivity index is 2.32. The van der Waals surface area contributed by atoms with Gasteiger partial charge in [-0.25, -0.2) is 0 Å². The van der Waals surface area contributed by atoms with E-state index in [1.54, 1.807) is 12.1 Å². The van der Waals surface area contributed by atoms with Crippen LogP contribution in [0.3, 0.4) is 0 Å². The SMILES string of the molecule is CC(CNCc1cccc(O)c1)N(C)C. The third-order valence-electron chi connectivity index (χ3n) is 2.56. The fourth-order valence-electron chi connectivity index (χ4n) is 1.27. The first-order valence-corrected chi connectivity index (χ1v) is 5.24. The molecule has 3 nitrogen and oxygen atoms in total. The van der Waals surface area contributed by atoms with E-state index in [4.69, 9.17) is 0 Å². The van der Waals surface area contributed by atoms with E-state index in [0.717, 1.165) is 18.7 Å². The van der Waals surface area contributed by atoms with Crippen molar-refractivity contribution in [1.29, 1.82) is 0 Å². The number of hydrogen-bond acceptors (Lipinski definition) is 3. The Morgan fingerprint density at radius 3 is 2.73 bits per heavy atom. The van der Waals surface area contributed by atoms with Crippen molar-refractivity contribution in [1.82, 2.24) is 10.2 Å². The molecule has 1 atom stereocenters. The molecule has 1 rings (SSSR count). The van der Waals surface area contributed by atoms with Crippen LogP contribution in [0, 0.1) is 0 Å². The maximum absolute atomic E-state index is 9.27. The standard InChI is InChI=1S/C12H20N2O/c1-10(14(2)3)8-13-9-11-5-4-6-12(15)7-11/h4-7,10,13,15H,8-9H2,1-3H3. The Labute approximate surface area is 91.7 Å². The highest BCUT2D eigenvalue weighted by molar-refractivity contribution is 5.26. The zero-order valence-corrected chi connectivity index (χ0v) is 9.70. The second-order valence-electron chi connectivity index (χ2n) is 4.11. The number of hydrogen-bond donors (Lipinski definition) is 2. The number of phenols is 1. The Morgan fingerprint density at radius 1 is 1.40 bits per heavy atom.